The van der Waals surface area contributed by atoms with Crippen molar-refractivity contribution in [1.29, 1.82) is 0 Å². The van der Waals surface area contributed by atoms with Crippen LogP contribution in [0.15, 0.2) is 47.6 Å². The van der Waals surface area contributed by atoms with Crippen molar-refractivity contribution in [1.82, 2.24) is 10.4 Å². The highest BCUT2D eigenvalue weighted by atomic mass is 32.1. The van der Waals surface area contributed by atoms with E-state index in [0.717, 1.165) is 21.5 Å². The van der Waals surface area contributed by atoms with Crippen molar-refractivity contribution >= 4 is 38.8 Å². The maximum absolute atomic E-state index is 12.2. The number of hydrazone groups is 1. The molecule has 0 bridgehead atoms. The molecule has 122 valence electrons. The van der Waals surface area contributed by atoms with Crippen LogP contribution >= 0.6 is 11.3 Å². The first-order valence-electron chi connectivity index (χ1n) is 7.38. The van der Waals surface area contributed by atoms with Crippen LogP contribution < -0.4 is 15.9 Å². The summed E-state index contributed by atoms with van der Waals surface area (Å²) in [6.45, 7) is 2.52. The number of amides is 1. The number of carbonyl (C=O) groups is 1. The SMILES string of the molecule is CCOc1cccc(/C=N\NC(=O)c2ccc3nc(N)sc3c2)c1. The number of carbonyl (C=O) groups excluding carboxylic acids is 1. The van der Waals surface area contributed by atoms with E-state index in [1.54, 1.807) is 24.4 Å². The van der Waals surface area contributed by atoms with Crippen LogP contribution in [0.1, 0.15) is 22.8 Å². The summed E-state index contributed by atoms with van der Waals surface area (Å²) in [5.41, 5.74) is 10.3. The second-order valence-corrected chi connectivity index (χ2v) is 6.00. The van der Waals surface area contributed by atoms with Crippen LogP contribution in [0.4, 0.5) is 5.13 Å². The van der Waals surface area contributed by atoms with E-state index in [0.29, 0.717) is 17.3 Å². The minimum atomic E-state index is -0.291. The summed E-state index contributed by atoms with van der Waals surface area (Å²) in [7, 11) is 0. The van der Waals surface area contributed by atoms with E-state index in [1.807, 2.05) is 31.2 Å². The van der Waals surface area contributed by atoms with Crippen LogP contribution in [0.25, 0.3) is 10.2 Å². The third-order valence-corrected chi connectivity index (χ3v) is 4.06. The van der Waals surface area contributed by atoms with Gasteiger partial charge in [-0.15, -0.1) is 0 Å². The lowest BCUT2D eigenvalue weighted by atomic mass is 10.2. The molecule has 1 heterocycles. The monoisotopic (exact) mass is 340 g/mol. The number of aromatic nitrogens is 1. The van der Waals surface area contributed by atoms with Crippen molar-refractivity contribution in [2.45, 2.75) is 6.92 Å². The lowest BCUT2D eigenvalue weighted by Gasteiger charge is -2.03. The van der Waals surface area contributed by atoms with Gasteiger partial charge in [-0.1, -0.05) is 23.5 Å². The third kappa shape index (κ3) is 3.69. The summed E-state index contributed by atoms with van der Waals surface area (Å²) >= 11 is 1.34. The van der Waals surface area contributed by atoms with Crippen LogP contribution in [0, 0.1) is 0 Å². The largest absolute Gasteiger partial charge is 0.494 e. The van der Waals surface area contributed by atoms with Crippen molar-refractivity contribution in [3.63, 3.8) is 0 Å². The molecule has 0 atom stereocenters. The molecule has 0 unspecified atom stereocenters. The Morgan fingerprint density at radius 3 is 3.08 bits per heavy atom. The maximum Gasteiger partial charge on any atom is 0.271 e. The van der Waals surface area contributed by atoms with Gasteiger partial charge in [-0.3, -0.25) is 4.79 Å². The minimum Gasteiger partial charge on any atom is -0.494 e. The zero-order valence-corrected chi connectivity index (χ0v) is 13.8. The number of hydrogen-bond acceptors (Lipinski definition) is 6. The van der Waals surface area contributed by atoms with Crippen LogP contribution in [0.5, 0.6) is 5.75 Å². The summed E-state index contributed by atoms with van der Waals surface area (Å²) in [6.07, 6.45) is 1.57. The number of nitrogen functional groups attached to an aromatic ring is 1. The molecule has 0 spiro atoms. The van der Waals surface area contributed by atoms with E-state index in [1.165, 1.54) is 11.3 Å². The van der Waals surface area contributed by atoms with Gasteiger partial charge in [0, 0.05) is 5.56 Å². The highest BCUT2D eigenvalue weighted by Gasteiger charge is 2.07. The molecule has 7 heteroatoms. The van der Waals surface area contributed by atoms with E-state index in [-0.39, 0.29) is 5.91 Å². The molecule has 0 radical (unpaired) electrons. The summed E-state index contributed by atoms with van der Waals surface area (Å²) in [5.74, 6) is 0.474. The van der Waals surface area contributed by atoms with Crippen molar-refractivity contribution < 1.29 is 9.53 Å². The van der Waals surface area contributed by atoms with Crippen molar-refractivity contribution in [3.8, 4) is 5.75 Å². The third-order valence-electron chi connectivity index (χ3n) is 3.22. The molecule has 6 nitrogen and oxygen atoms in total. The van der Waals surface area contributed by atoms with Gasteiger partial charge < -0.3 is 10.5 Å². The first-order valence-corrected chi connectivity index (χ1v) is 8.19. The van der Waals surface area contributed by atoms with Gasteiger partial charge in [0.05, 0.1) is 23.0 Å². The van der Waals surface area contributed by atoms with Crippen molar-refractivity contribution in [2.24, 2.45) is 5.10 Å². The standard InChI is InChI=1S/C17H16N4O2S/c1-2-23-13-5-3-4-11(8-13)10-19-21-16(22)12-6-7-14-15(9-12)24-17(18)20-14/h3-10H,2H2,1H3,(H2,18,20)(H,21,22)/b19-10-. The van der Waals surface area contributed by atoms with Crippen LogP contribution in [-0.2, 0) is 0 Å². The topological polar surface area (TPSA) is 89.6 Å². The van der Waals surface area contributed by atoms with Crippen LogP contribution in [0.2, 0.25) is 0 Å². The molecule has 2 aromatic carbocycles. The molecule has 0 aliphatic heterocycles. The van der Waals surface area contributed by atoms with Gasteiger partial charge in [0.25, 0.3) is 5.91 Å². The second kappa shape index (κ2) is 7.10. The molecule has 0 fully saturated rings. The normalized spacial score (nSPS) is 11.0. The van der Waals surface area contributed by atoms with Gasteiger partial charge >= 0.3 is 0 Å². The number of ether oxygens (including phenoxy) is 1. The fourth-order valence-corrected chi connectivity index (χ4v) is 2.94. The number of nitrogens with zero attached hydrogens (tertiary/aromatic N) is 2. The van der Waals surface area contributed by atoms with E-state index in [9.17, 15) is 4.79 Å². The average molecular weight is 340 g/mol. The molecule has 0 aliphatic rings. The number of benzene rings is 2. The number of fused-ring (bicyclic) bond motifs is 1. The van der Waals surface area contributed by atoms with Gasteiger partial charge in [-0.05, 0) is 42.8 Å². The predicted molar refractivity (Wildman–Crippen MR) is 96.7 cm³/mol. The summed E-state index contributed by atoms with van der Waals surface area (Å²) < 4.78 is 6.29. The van der Waals surface area contributed by atoms with Crippen molar-refractivity contribution in [2.75, 3.05) is 12.3 Å². The Bertz CT molecular complexity index is 904. The lowest BCUT2D eigenvalue weighted by molar-refractivity contribution is 0.0955. The molecule has 3 rings (SSSR count). The summed E-state index contributed by atoms with van der Waals surface area (Å²) in [4.78, 5) is 16.3. The second-order valence-electron chi connectivity index (χ2n) is 4.94. The number of rotatable bonds is 5. The Morgan fingerprint density at radius 1 is 1.38 bits per heavy atom. The van der Waals surface area contributed by atoms with Gasteiger partial charge in [0.1, 0.15) is 5.75 Å². The molecular formula is C17H16N4O2S. The predicted octanol–water partition coefficient (Wildman–Crippen LogP) is 3.04. The number of thiazole rings is 1. The zero-order chi connectivity index (χ0) is 16.9. The highest BCUT2D eigenvalue weighted by Crippen LogP contribution is 2.24. The van der Waals surface area contributed by atoms with Gasteiger partial charge in [0.2, 0.25) is 0 Å². The molecule has 1 amide bonds. The molecule has 0 saturated carbocycles. The van der Waals surface area contributed by atoms with Gasteiger partial charge in [-0.2, -0.15) is 5.10 Å². The molecule has 3 N–H and O–H groups in total. The fourth-order valence-electron chi connectivity index (χ4n) is 2.16. The van der Waals surface area contributed by atoms with Gasteiger partial charge in [-0.25, -0.2) is 10.4 Å². The lowest BCUT2D eigenvalue weighted by Crippen LogP contribution is -2.17. The Morgan fingerprint density at radius 2 is 2.25 bits per heavy atom. The Hall–Kier alpha value is -2.93. The minimum absolute atomic E-state index is 0.291. The molecule has 3 aromatic rings. The number of hydrogen-bond donors (Lipinski definition) is 2. The van der Waals surface area contributed by atoms with E-state index >= 15 is 0 Å². The summed E-state index contributed by atoms with van der Waals surface area (Å²) in [6, 6.07) is 12.7. The maximum atomic E-state index is 12.2. The number of nitrogens with two attached hydrogens (primary N) is 1. The molecule has 24 heavy (non-hydrogen) atoms. The Labute approximate surface area is 143 Å². The molecule has 0 saturated heterocycles. The highest BCUT2D eigenvalue weighted by molar-refractivity contribution is 7.22. The first-order chi connectivity index (χ1) is 11.7. The Balaban J connectivity index is 1.68. The van der Waals surface area contributed by atoms with Crippen LogP contribution in [-0.4, -0.2) is 23.7 Å². The first kappa shape index (κ1) is 15.9. The van der Waals surface area contributed by atoms with E-state index in [4.69, 9.17) is 10.5 Å². The number of nitrogens with one attached hydrogen (secondary N) is 1. The quantitative estimate of drug-likeness (QED) is 0.552. The smallest absolute Gasteiger partial charge is 0.271 e. The average Bonchev–Trinajstić information content (AvgIpc) is 2.94. The molecule has 1 aromatic heterocycles. The Kier molecular flexibility index (Phi) is 4.72. The number of anilines is 1. The van der Waals surface area contributed by atoms with Gasteiger partial charge in [0.15, 0.2) is 5.13 Å². The zero-order valence-electron chi connectivity index (χ0n) is 13.0. The van der Waals surface area contributed by atoms with E-state index < -0.39 is 0 Å². The molecule has 0 aliphatic carbocycles. The van der Waals surface area contributed by atoms with Crippen LogP contribution in [0.3, 0.4) is 0 Å². The molecular weight excluding hydrogens is 324 g/mol. The van der Waals surface area contributed by atoms with E-state index in [2.05, 4.69) is 15.5 Å². The summed E-state index contributed by atoms with van der Waals surface area (Å²) in [5, 5.41) is 4.47. The van der Waals surface area contributed by atoms with Crippen molar-refractivity contribution in [3.05, 3.63) is 53.6 Å². The fraction of sp³-hybridized carbons (Fsp3) is 0.118.